The molecule has 0 aliphatic carbocycles. The van der Waals surface area contributed by atoms with Crippen LogP contribution in [0, 0.1) is 0 Å². The standard InChI is InChI=1S/C16H23BrN4O2.HI/c1-2-21-5-3-4-12(21)9-20-16(18)19-8-11-6-13(17)15-14(7-11)22-10-23-15;/h6-7,12H,2-5,8-10H2,1H3,(H3,18,19,20);1H. The van der Waals surface area contributed by atoms with Crippen LogP contribution in [0.15, 0.2) is 21.6 Å². The van der Waals surface area contributed by atoms with E-state index in [1.165, 1.54) is 19.4 Å². The Bertz CT molecular complexity index is 600. The van der Waals surface area contributed by atoms with E-state index in [-0.39, 0.29) is 30.8 Å². The quantitative estimate of drug-likeness (QED) is 0.362. The molecule has 2 heterocycles. The van der Waals surface area contributed by atoms with Crippen LogP contribution in [0.4, 0.5) is 0 Å². The van der Waals surface area contributed by atoms with Crippen molar-refractivity contribution in [3.05, 3.63) is 22.2 Å². The summed E-state index contributed by atoms with van der Waals surface area (Å²) in [6, 6.07) is 4.49. The molecule has 24 heavy (non-hydrogen) atoms. The molecular formula is C16H24BrIN4O2. The first-order valence-electron chi connectivity index (χ1n) is 8.03. The van der Waals surface area contributed by atoms with Crippen molar-refractivity contribution in [3.63, 3.8) is 0 Å². The van der Waals surface area contributed by atoms with Gasteiger partial charge in [-0.2, -0.15) is 0 Å². The van der Waals surface area contributed by atoms with Crippen LogP contribution in [0.1, 0.15) is 25.3 Å². The monoisotopic (exact) mass is 510 g/mol. The first-order valence-corrected chi connectivity index (χ1v) is 8.82. The number of guanidine groups is 1. The average molecular weight is 511 g/mol. The topological polar surface area (TPSA) is 72.1 Å². The Kier molecular flexibility index (Phi) is 7.42. The summed E-state index contributed by atoms with van der Waals surface area (Å²) in [4.78, 5) is 6.90. The summed E-state index contributed by atoms with van der Waals surface area (Å²) in [7, 11) is 0. The molecule has 2 aliphatic rings. The SMILES string of the molecule is CCN1CCCC1CNC(N)=NCc1cc(Br)c2c(c1)OCO2.I. The number of aliphatic imine (C=N–C) groups is 1. The highest BCUT2D eigenvalue weighted by Gasteiger charge is 2.22. The van der Waals surface area contributed by atoms with E-state index in [4.69, 9.17) is 15.2 Å². The van der Waals surface area contributed by atoms with Gasteiger partial charge in [0, 0.05) is 12.6 Å². The largest absolute Gasteiger partial charge is 0.454 e. The van der Waals surface area contributed by atoms with Crippen molar-refractivity contribution in [1.29, 1.82) is 0 Å². The minimum Gasteiger partial charge on any atom is -0.454 e. The van der Waals surface area contributed by atoms with Crippen molar-refractivity contribution in [2.75, 3.05) is 26.4 Å². The van der Waals surface area contributed by atoms with Crippen LogP contribution in [0.25, 0.3) is 0 Å². The lowest BCUT2D eigenvalue weighted by molar-refractivity contribution is 0.173. The summed E-state index contributed by atoms with van der Waals surface area (Å²) >= 11 is 3.49. The smallest absolute Gasteiger partial charge is 0.231 e. The second-order valence-corrected chi connectivity index (χ2v) is 6.67. The number of fused-ring (bicyclic) bond motifs is 1. The zero-order chi connectivity index (χ0) is 16.2. The molecule has 1 fully saturated rings. The van der Waals surface area contributed by atoms with Gasteiger partial charge in [-0.3, -0.25) is 4.90 Å². The van der Waals surface area contributed by atoms with Gasteiger partial charge < -0.3 is 20.5 Å². The van der Waals surface area contributed by atoms with Crippen LogP contribution in [0.2, 0.25) is 0 Å². The summed E-state index contributed by atoms with van der Waals surface area (Å²) in [6.07, 6.45) is 2.49. The Morgan fingerprint density at radius 2 is 2.29 bits per heavy atom. The number of benzene rings is 1. The number of nitrogens with zero attached hydrogens (tertiary/aromatic N) is 2. The Morgan fingerprint density at radius 3 is 3.08 bits per heavy atom. The van der Waals surface area contributed by atoms with Crippen LogP contribution in [-0.4, -0.2) is 43.3 Å². The Morgan fingerprint density at radius 1 is 1.46 bits per heavy atom. The number of hydrogen-bond acceptors (Lipinski definition) is 4. The molecule has 3 rings (SSSR count). The van der Waals surface area contributed by atoms with E-state index in [1.807, 2.05) is 12.1 Å². The van der Waals surface area contributed by atoms with Gasteiger partial charge in [-0.1, -0.05) is 6.92 Å². The van der Waals surface area contributed by atoms with Crippen molar-refractivity contribution in [2.45, 2.75) is 32.4 Å². The number of likely N-dealkylation sites (N-methyl/N-ethyl adjacent to an activating group) is 1. The minimum atomic E-state index is 0. The van der Waals surface area contributed by atoms with Gasteiger partial charge >= 0.3 is 0 Å². The van der Waals surface area contributed by atoms with E-state index in [0.29, 0.717) is 18.5 Å². The van der Waals surface area contributed by atoms with Crippen molar-refractivity contribution in [3.8, 4) is 11.5 Å². The number of rotatable bonds is 5. The van der Waals surface area contributed by atoms with Gasteiger partial charge in [-0.05, 0) is 59.6 Å². The molecule has 1 unspecified atom stereocenters. The van der Waals surface area contributed by atoms with Crippen LogP contribution in [0.3, 0.4) is 0 Å². The van der Waals surface area contributed by atoms with Crippen LogP contribution < -0.4 is 20.5 Å². The highest BCUT2D eigenvalue weighted by molar-refractivity contribution is 14.0. The summed E-state index contributed by atoms with van der Waals surface area (Å²) < 4.78 is 11.7. The second kappa shape index (κ2) is 9.10. The summed E-state index contributed by atoms with van der Waals surface area (Å²) in [5, 5.41) is 3.24. The highest BCUT2D eigenvalue weighted by Crippen LogP contribution is 2.40. The fourth-order valence-electron chi connectivity index (χ4n) is 3.11. The van der Waals surface area contributed by atoms with Crippen LogP contribution in [-0.2, 0) is 6.54 Å². The lowest BCUT2D eigenvalue weighted by atomic mass is 10.2. The number of halogens is 2. The fraction of sp³-hybridized carbons (Fsp3) is 0.562. The Balaban J connectivity index is 0.00000208. The van der Waals surface area contributed by atoms with E-state index in [9.17, 15) is 0 Å². The minimum absolute atomic E-state index is 0. The van der Waals surface area contributed by atoms with Crippen molar-refractivity contribution in [2.24, 2.45) is 10.7 Å². The molecule has 1 saturated heterocycles. The van der Waals surface area contributed by atoms with Gasteiger partial charge in [0.25, 0.3) is 0 Å². The predicted molar refractivity (Wildman–Crippen MR) is 109 cm³/mol. The Labute approximate surface area is 168 Å². The molecule has 0 aromatic heterocycles. The first-order chi connectivity index (χ1) is 11.2. The highest BCUT2D eigenvalue weighted by atomic mass is 127. The molecule has 3 N–H and O–H groups in total. The molecule has 8 heteroatoms. The molecule has 0 spiro atoms. The van der Waals surface area contributed by atoms with Gasteiger partial charge in [0.05, 0.1) is 11.0 Å². The average Bonchev–Trinajstić information content (AvgIpc) is 3.19. The fourth-order valence-corrected chi connectivity index (χ4v) is 3.71. The first kappa shape index (κ1) is 19.6. The molecule has 0 saturated carbocycles. The maximum atomic E-state index is 5.99. The van der Waals surface area contributed by atoms with Crippen molar-refractivity contribution in [1.82, 2.24) is 10.2 Å². The van der Waals surface area contributed by atoms with E-state index in [0.717, 1.165) is 34.6 Å². The number of ether oxygens (including phenoxy) is 2. The van der Waals surface area contributed by atoms with Gasteiger partial charge in [0.2, 0.25) is 6.79 Å². The summed E-state index contributed by atoms with van der Waals surface area (Å²) in [5.41, 5.74) is 7.02. The predicted octanol–water partition coefficient (Wildman–Crippen LogP) is 2.68. The van der Waals surface area contributed by atoms with E-state index < -0.39 is 0 Å². The third-order valence-electron chi connectivity index (χ3n) is 4.34. The molecule has 0 radical (unpaired) electrons. The zero-order valence-corrected chi connectivity index (χ0v) is 17.7. The van der Waals surface area contributed by atoms with Crippen LogP contribution >= 0.6 is 39.9 Å². The molecule has 1 atom stereocenters. The summed E-state index contributed by atoms with van der Waals surface area (Å²) in [5.74, 6) is 1.99. The van der Waals surface area contributed by atoms with Gasteiger partial charge in [0.15, 0.2) is 17.5 Å². The van der Waals surface area contributed by atoms with Crippen LogP contribution in [0.5, 0.6) is 11.5 Å². The van der Waals surface area contributed by atoms with E-state index >= 15 is 0 Å². The molecule has 0 amide bonds. The lowest BCUT2D eigenvalue weighted by Gasteiger charge is -2.23. The third kappa shape index (κ3) is 4.66. The van der Waals surface area contributed by atoms with Gasteiger partial charge in [-0.25, -0.2) is 4.99 Å². The third-order valence-corrected chi connectivity index (χ3v) is 4.93. The number of likely N-dealkylation sites (tertiary alicyclic amines) is 1. The molecular weight excluding hydrogens is 487 g/mol. The van der Waals surface area contributed by atoms with Gasteiger partial charge in [-0.15, -0.1) is 24.0 Å². The summed E-state index contributed by atoms with van der Waals surface area (Å²) in [6.45, 7) is 6.11. The molecule has 2 aliphatic heterocycles. The molecule has 1 aromatic rings. The molecule has 134 valence electrons. The number of hydrogen-bond donors (Lipinski definition) is 2. The molecule has 1 aromatic carbocycles. The van der Waals surface area contributed by atoms with Crippen molar-refractivity contribution < 1.29 is 9.47 Å². The maximum absolute atomic E-state index is 5.99. The second-order valence-electron chi connectivity index (χ2n) is 5.82. The zero-order valence-electron chi connectivity index (χ0n) is 13.8. The molecule has 0 bridgehead atoms. The Hall–Kier alpha value is -0.740. The van der Waals surface area contributed by atoms with Gasteiger partial charge in [0.1, 0.15) is 0 Å². The van der Waals surface area contributed by atoms with E-state index in [2.05, 4.69) is 38.1 Å². The maximum Gasteiger partial charge on any atom is 0.231 e. The van der Waals surface area contributed by atoms with E-state index in [1.54, 1.807) is 0 Å². The molecule has 6 nitrogen and oxygen atoms in total. The normalized spacial score (nSPS) is 20.1. The van der Waals surface area contributed by atoms with Crippen molar-refractivity contribution >= 4 is 45.9 Å². The number of nitrogens with one attached hydrogen (secondary N) is 1. The lowest BCUT2D eigenvalue weighted by Crippen LogP contribution is -2.42. The number of nitrogens with two attached hydrogens (primary N) is 1.